The molecule has 186 valence electrons. The third kappa shape index (κ3) is 8.40. The van der Waals surface area contributed by atoms with E-state index in [0.29, 0.717) is 35.5 Å². The first-order chi connectivity index (χ1) is 15.8. The molecule has 0 fully saturated rings. The fraction of sp³-hybridized carbons (Fsp3) is 0.500. The largest absolute Gasteiger partial charge is 0.490 e. The van der Waals surface area contributed by atoms with Crippen LogP contribution in [0.15, 0.2) is 48.5 Å². The first-order valence-corrected chi connectivity index (χ1v) is 11.8. The highest BCUT2D eigenvalue weighted by molar-refractivity contribution is 5.93. The van der Waals surface area contributed by atoms with E-state index in [1.54, 1.807) is 36.4 Å². The summed E-state index contributed by atoms with van der Waals surface area (Å²) < 4.78 is 23.1. The zero-order valence-electron chi connectivity index (χ0n) is 21.6. The normalized spacial score (nSPS) is 11.9. The topological polar surface area (TPSA) is 71.1 Å². The Morgan fingerprint density at radius 1 is 0.647 bits per heavy atom. The second-order valence-electron chi connectivity index (χ2n) is 10.1. The molecule has 34 heavy (non-hydrogen) atoms. The summed E-state index contributed by atoms with van der Waals surface area (Å²) in [5.41, 5.74) is -0.775. The molecule has 0 aromatic heterocycles. The summed E-state index contributed by atoms with van der Waals surface area (Å²) in [7, 11) is 0. The molecule has 0 aliphatic rings. The van der Waals surface area contributed by atoms with Crippen molar-refractivity contribution in [1.29, 1.82) is 0 Å². The summed E-state index contributed by atoms with van der Waals surface area (Å²) in [4.78, 5) is 25.7. The van der Waals surface area contributed by atoms with Crippen molar-refractivity contribution in [3.8, 4) is 11.5 Å². The molecule has 0 spiro atoms. The average molecular weight is 471 g/mol. The maximum atomic E-state index is 12.9. The van der Waals surface area contributed by atoms with Crippen molar-refractivity contribution in [1.82, 2.24) is 0 Å². The molecule has 6 nitrogen and oxygen atoms in total. The lowest BCUT2D eigenvalue weighted by molar-refractivity contribution is -0.0328. The molecule has 0 aliphatic heterocycles. The molecular weight excluding hydrogens is 432 g/mol. The lowest BCUT2D eigenvalue weighted by atomic mass is 9.93. The molecule has 0 atom stereocenters. The van der Waals surface area contributed by atoms with Gasteiger partial charge in [0.15, 0.2) is 0 Å². The molecule has 0 saturated heterocycles. The Balaban J connectivity index is 2.02. The highest BCUT2D eigenvalue weighted by Gasteiger charge is 2.31. The number of carbonyl (C=O) groups is 2. The van der Waals surface area contributed by atoms with Crippen LogP contribution in [-0.2, 0) is 9.47 Å². The van der Waals surface area contributed by atoms with Gasteiger partial charge >= 0.3 is 11.9 Å². The van der Waals surface area contributed by atoms with E-state index in [0.717, 1.165) is 0 Å². The number of ether oxygens (including phenoxy) is 4. The van der Waals surface area contributed by atoms with Crippen LogP contribution in [0.1, 0.15) is 88.9 Å². The maximum absolute atomic E-state index is 12.9. The van der Waals surface area contributed by atoms with Crippen molar-refractivity contribution in [3.63, 3.8) is 0 Å². The second kappa shape index (κ2) is 11.4. The van der Waals surface area contributed by atoms with Crippen LogP contribution >= 0.6 is 0 Å². The second-order valence-corrected chi connectivity index (χ2v) is 10.1. The molecule has 0 aliphatic carbocycles. The van der Waals surface area contributed by atoms with E-state index in [1.165, 1.54) is 0 Å². The van der Waals surface area contributed by atoms with Crippen LogP contribution in [0, 0.1) is 0 Å². The summed E-state index contributed by atoms with van der Waals surface area (Å²) in [5.74, 6) is 0.0938. The van der Waals surface area contributed by atoms with Gasteiger partial charge in [-0.15, -0.1) is 0 Å². The highest BCUT2D eigenvalue weighted by atomic mass is 16.6. The minimum Gasteiger partial charge on any atom is -0.490 e. The number of para-hydroxylation sites is 2. The van der Waals surface area contributed by atoms with Crippen LogP contribution in [0.2, 0.25) is 0 Å². The fourth-order valence-electron chi connectivity index (χ4n) is 3.30. The van der Waals surface area contributed by atoms with E-state index in [-0.39, 0.29) is 12.2 Å². The van der Waals surface area contributed by atoms with E-state index in [2.05, 4.69) is 0 Å². The standard InChI is InChI=1S/C28H38O6/c1-19(2)31-23-15-11-9-13-21(23)25(29)33-27(5,6)17-18-28(7,8)34-26(30)22-14-10-12-16-24(22)32-20(3)4/h9-16,19-20H,17-18H2,1-8H3. The quantitative estimate of drug-likeness (QED) is 0.344. The molecule has 2 aromatic carbocycles. The number of benzene rings is 2. The van der Waals surface area contributed by atoms with Crippen molar-refractivity contribution >= 4 is 11.9 Å². The zero-order chi connectivity index (χ0) is 25.5. The van der Waals surface area contributed by atoms with Crippen molar-refractivity contribution in [2.24, 2.45) is 0 Å². The average Bonchev–Trinajstić information content (AvgIpc) is 2.72. The van der Waals surface area contributed by atoms with Crippen LogP contribution < -0.4 is 9.47 Å². The number of hydrogen-bond donors (Lipinski definition) is 0. The minimum atomic E-state index is -0.773. The van der Waals surface area contributed by atoms with Crippen molar-refractivity contribution in [2.75, 3.05) is 0 Å². The Labute approximate surface area is 203 Å². The summed E-state index contributed by atoms with van der Waals surface area (Å²) in [6.07, 6.45) is 0.870. The van der Waals surface area contributed by atoms with Crippen LogP contribution in [0.5, 0.6) is 11.5 Å². The Morgan fingerprint density at radius 2 is 0.971 bits per heavy atom. The van der Waals surface area contributed by atoms with Crippen LogP contribution in [0.25, 0.3) is 0 Å². The van der Waals surface area contributed by atoms with Gasteiger partial charge in [-0.05, 0) is 92.5 Å². The molecule has 0 heterocycles. The summed E-state index contributed by atoms with van der Waals surface area (Å²) >= 11 is 0. The van der Waals surface area contributed by atoms with Crippen molar-refractivity contribution < 1.29 is 28.5 Å². The van der Waals surface area contributed by atoms with Gasteiger partial charge in [-0.3, -0.25) is 0 Å². The molecule has 0 saturated carbocycles. The molecular formula is C28H38O6. The molecule has 0 radical (unpaired) electrons. The van der Waals surface area contributed by atoms with Crippen LogP contribution in [0.3, 0.4) is 0 Å². The Hall–Kier alpha value is -3.02. The molecule has 6 heteroatoms. The molecule has 2 rings (SSSR count). The number of esters is 2. The van der Waals surface area contributed by atoms with E-state index >= 15 is 0 Å². The van der Waals surface area contributed by atoms with Gasteiger partial charge in [0.1, 0.15) is 33.8 Å². The van der Waals surface area contributed by atoms with Crippen molar-refractivity contribution in [2.45, 2.75) is 91.6 Å². The van der Waals surface area contributed by atoms with Gasteiger partial charge in [0.2, 0.25) is 0 Å². The molecule has 0 unspecified atom stereocenters. The highest BCUT2D eigenvalue weighted by Crippen LogP contribution is 2.30. The maximum Gasteiger partial charge on any atom is 0.342 e. The molecule has 0 bridgehead atoms. The van der Waals surface area contributed by atoms with Crippen molar-refractivity contribution in [3.05, 3.63) is 59.7 Å². The Bertz CT molecular complexity index is 895. The van der Waals surface area contributed by atoms with E-state index in [4.69, 9.17) is 18.9 Å². The summed E-state index contributed by atoms with van der Waals surface area (Å²) in [6, 6.07) is 14.1. The van der Waals surface area contributed by atoms with Gasteiger partial charge in [-0.2, -0.15) is 0 Å². The molecule has 2 aromatic rings. The number of carbonyl (C=O) groups excluding carboxylic acids is 2. The number of rotatable bonds is 11. The monoisotopic (exact) mass is 470 g/mol. The predicted molar refractivity (Wildman–Crippen MR) is 133 cm³/mol. The van der Waals surface area contributed by atoms with Gasteiger partial charge < -0.3 is 18.9 Å². The zero-order valence-corrected chi connectivity index (χ0v) is 21.6. The van der Waals surface area contributed by atoms with Crippen LogP contribution in [-0.4, -0.2) is 35.3 Å². The minimum absolute atomic E-state index is 0.0616. The van der Waals surface area contributed by atoms with E-state index < -0.39 is 23.1 Å². The lowest BCUT2D eigenvalue weighted by Crippen LogP contribution is -2.34. The third-order valence-corrected chi connectivity index (χ3v) is 5.01. The van der Waals surface area contributed by atoms with Gasteiger partial charge in [-0.25, -0.2) is 9.59 Å². The molecule has 0 N–H and O–H groups in total. The lowest BCUT2D eigenvalue weighted by Gasteiger charge is -2.31. The SMILES string of the molecule is CC(C)Oc1ccccc1C(=O)OC(C)(C)CCC(C)(C)OC(=O)c1ccccc1OC(C)C. The first-order valence-electron chi connectivity index (χ1n) is 11.8. The summed E-state index contributed by atoms with van der Waals surface area (Å²) in [6.45, 7) is 15.0. The molecule has 0 amide bonds. The third-order valence-electron chi connectivity index (χ3n) is 5.01. The van der Waals surface area contributed by atoms with Gasteiger partial charge in [-0.1, -0.05) is 24.3 Å². The Morgan fingerprint density at radius 3 is 1.29 bits per heavy atom. The van der Waals surface area contributed by atoms with E-state index in [1.807, 2.05) is 67.5 Å². The van der Waals surface area contributed by atoms with Crippen LogP contribution in [0.4, 0.5) is 0 Å². The first kappa shape index (κ1) is 27.2. The smallest absolute Gasteiger partial charge is 0.342 e. The predicted octanol–water partition coefficient (Wildman–Crippen LogP) is 6.61. The summed E-state index contributed by atoms with van der Waals surface area (Å²) in [5, 5.41) is 0. The number of hydrogen-bond acceptors (Lipinski definition) is 6. The van der Waals surface area contributed by atoms with Gasteiger partial charge in [0.25, 0.3) is 0 Å². The van der Waals surface area contributed by atoms with Gasteiger partial charge in [0.05, 0.1) is 12.2 Å². The fourth-order valence-corrected chi connectivity index (χ4v) is 3.30. The van der Waals surface area contributed by atoms with Gasteiger partial charge in [0, 0.05) is 0 Å². The Kier molecular flexibility index (Phi) is 9.14. The van der Waals surface area contributed by atoms with E-state index in [9.17, 15) is 9.59 Å².